The molecule has 4 amide bonds. The zero-order chi connectivity index (χ0) is 27.0. The van der Waals surface area contributed by atoms with Crippen LogP contribution >= 0.6 is 11.8 Å². The summed E-state index contributed by atoms with van der Waals surface area (Å²) < 4.78 is 0. The van der Waals surface area contributed by atoms with E-state index in [0.29, 0.717) is 32.2 Å². The Morgan fingerprint density at radius 3 is 2.43 bits per heavy atom. The highest BCUT2D eigenvalue weighted by molar-refractivity contribution is 8.13. The third-order valence-corrected chi connectivity index (χ3v) is 7.70. The first-order valence-electron chi connectivity index (χ1n) is 13.0. The summed E-state index contributed by atoms with van der Waals surface area (Å²) in [7, 11) is 0. The number of hydrogen-bond acceptors (Lipinski definition) is 6. The number of amides is 4. The van der Waals surface area contributed by atoms with Crippen LogP contribution in [-0.2, 0) is 30.4 Å². The van der Waals surface area contributed by atoms with Gasteiger partial charge in [0.05, 0.1) is 0 Å². The van der Waals surface area contributed by atoms with Crippen LogP contribution in [0.2, 0.25) is 0 Å². The van der Waals surface area contributed by atoms with E-state index in [4.69, 9.17) is 0 Å². The summed E-state index contributed by atoms with van der Waals surface area (Å²) in [5, 5.41) is 8.58. The van der Waals surface area contributed by atoms with Gasteiger partial charge in [0.2, 0.25) is 23.6 Å². The average Bonchev–Trinajstić information content (AvgIpc) is 3.34. The highest BCUT2D eigenvalue weighted by atomic mass is 32.2. The van der Waals surface area contributed by atoms with Gasteiger partial charge in [0.1, 0.15) is 23.7 Å². The molecule has 0 unspecified atom stereocenters. The van der Waals surface area contributed by atoms with Gasteiger partial charge in [0.25, 0.3) is 0 Å². The predicted octanol–water partition coefficient (Wildman–Crippen LogP) is 1.94. The molecule has 0 radical (unpaired) electrons. The standard InChI is InChI=1S/C27H38N4O5S/c1-18(32)37-16-9-5-8-13-20-23(33)30-27(2,3)26(36)29-21(17-19-11-6-4-7-12-19)25(35)31-15-10-14-22(31)24(34)28-20/h4,6-7,11-12,20-22H,5,8-10,13-17H2,1-3H3,(H,28,34)(H,29,36)(H,30,33)/t20-,21-,22+/m0/s1. The summed E-state index contributed by atoms with van der Waals surface area (Å²) in [6, 6.07) is 7.04. The molecule has 0 spiro atoms. The topological polar surface area (TPSA) is 125 Å². The highest BCUT2D eigenvalue weighted by Crippen LogP contribution is 2.21. The fraction of sp³-hybridized carbons (Fsp3) is 0.593. The molecule has 3 rings (SSSR count). The molecule has 37 heavy (non-hydrogen) atoms. The van der Waals surface area contributed by atoms with Gasteiger partial charge < -0.3 is 20.9 Å². The summed E-state index contributed by atoms with van der Waals surface area (Å²) in [4.78, 5) is 66.1. The van der Waals surface area contributed by atoms with Crippen LogP contribution in [0.3, 0.4) is 0 Å². The van der Waals surface area contributed by atoms with Crippen molar-refractivity contribution in [1.29, 1.82) is 0 Å². The van der Waals surface area contributed by atoms with Gasteiger partial charge in [-0.1, -0.05) is 54.9 Å². The molecule has 2 aliphatic rings. The van der Waals surface area contributed by atoms with E-state index < -0.39 is 35.5 Å². The van der Waals surface area contributed by atoms with E-state index in [9.17, 15) is 24.0 Å². The lowest BCUT2D eigenvalue weighted by molar-refractivity contribution is -0.144. The van der Waals surface area contributed by atoms with Gasteiger partial charge in [-0.3, -0.25) is 24.0 Å². The molecule has 0 bridgehead atoms. The Hall–Kier alpha value is -2.88. The van der Waals surface area contributed by atoms with Gasteiger partial charge in [0.15, 0.2) is 5.12 Å². The summed E-state index contributed by atoms with van der Waals surface area (Å²) >= 11 is 1.27. The molecule has 2 fully saturated rings. The highest BCUT2D eigenvalue weighted by Gasteiger charge is 2.42. The molecule has 10 heteroatoms. The molecule has 202 valence electrons. The van der Waals surface area contributed by atoms with E-state index in [1.807, 2.05) is 30.3 Å². The number of carbonyl (C=O) groups is 5. The van der Waals surface area contributed by atoms with Crippen molar-refractivity contribution < 1.29 is 24.0 Å². The monoisotopic (exact) mass is 530 g/mol. The van der Waals surface area contributed by atoms with Crippen LogP contribution < -0.4 is 16.0 Å². The summed E-state index contributed by atoms with van der Waals surface area (Å²) in [5.41, 5.74) is -0.408. The van der Waals surface area contributed by atoms with Gasteiger partial charge in [-0.15, -0.1) is 0 Å². The molecule has 0 aromatic heterocycles. The second-order valence-electron chi connectivity index (χ2n) is 10.3. The minimum Gasteiger partial charge on any atom is -0.343 e. The van der Waals surface area contributed by atoms with E-state index in [2.05, 4.69) is 16.0 Å². The smallest absolute Gasteiger partial charge is 0.246 e. The minimum atomic E-state index is -1.29. The molecule has 1 aromatic carbocycles. The molecule has 3 N–H and O–H groups in total. The zero-order valence-electron chi connectivity index (χ0n) is 21.9. The number of benzene rings is 1. The Balaban J connectivity index is 1.79. The van der Waals surface area contributed by atoms with Gasteiger partial charge in [0, 0.05) is 25.6 Å². The first kappa shape index (κ1) is 28.7. The lowest BCUT2D eigenvalue weighted by Gasteiger charge is -2.34. The van der Waals surface area contributed by atoms with Crippen molar-refractivity contribution in [2.45, 2.75) is 89.4 Å². The average molecular weight is 531 g/mol. The second-order valence-corrected chi connectivity index (χ2v) is 11.5. The zero-order valence-corrected chi connectivity index (χ0v) is 22.7. The number of unbranched alkanes of at least 4 members (excludes halogenated alkanes) is 2. The van der Waals surface area contributed by atoms with Crippen molar-refractivity contribution in [3.8, 4) is 0 Å². The van der Waals surface area contributed by atoms with Crippen molar-refractivity contribution in [3.63, 3.8) is 0 Å². The minimum absolute atomic E-state index is 0.0770. The fourth-order valence-electron chi connectivity index (χ4n) is 4.72. The van der Waals surface area contributed by atoms with Gasteiger partial charge in [-0.05, 0) is 45.1 Å². The maximum absolute atomic E-state index is 13.6. The van der Waals surface area contributed by atoms with Crippen molar-refractivity contribution in [3.05, 3.63) is 35.9 Å². The molecule has 2 aliphatic heterocycles. The first-order chi connectivity index (χ1) is 17.6. The number of carbonyl (C=O) groups excluding carboxylic acids is 5. The van der Waals surface area contributed by atoms with Crippen molar-refractivity contribution in [1.82, 2.24) is 20.9 Å². The molecular formula is C27H38N4O5S. The van der Waals surface area contributed by atoms with Crippen LogP contribution in [0.5, 0.6) is 0 Å². The quantitative estimate of drug-likeness (QED) is 0.441. The molecule has 3 atom stereocenters. The number of nitrogens with zero attached hydrogens (tertiary/aromatic N) is 1. The van der Waals surface area contributed by atoms with E-state index in [-0.39, 0.29) is 23.4 Å². The molecule has 9 nitrogen and oxygen atoms in total. The number of nitrogens with one attached hydrogen (secondary N) is 3. The SMILES string of the molecule is CC(=O)SCCCCC[C@@H]1NC(=O)[C@H]2CCCN2C(=O)[C@H](Cc2ccccc2)NC(=O)C(C)(C)NC1=O. The van der Waals surface area contributed by atoms with Crippen LogP contribution in [0.4, 0.5) is 0 Å². The summed E-state index contributed by atoms with van der Waals surface area (Å²) in [6.45, 7) is 5.14. The van der Waals surface area contributed by atoms with E-state index in [0.717, 1.165) is 24.2 Å². The van der Waals surface area contributed by atoms with Gasteiger partial charge in [-0.2, -0.15) is 0 Å². The molecule has 2 heterocycles. The largest absolute Gasteiger partial charge is 0.343 e. The molecule has 1 aromatic rings. The van der Waals surface area contributed by atoms with Crippen molar-refractivity contribution in [2.24, 2.45) is 0 Å². The Kier molecular flexibility index (Phi) is 10.1. The van der Waals surface area contributed by atoms with Crippen molar-refractivity contribution in [2.75, 3.05) is 12.3 Å². The maximum atomic E-state index is 13.6. The Bertz CT molecular complexity index is 1000. The Morgan fingerprint density at radius 2 is 1.73 bits per heavy atom. The molecule has 0 saturated carbocycles. The third-order valence-electron chi connectivity index (χ3n) is 6.80. The predicted molar refractivity (Wildman–Crippen MR) is 143 cm³/mol. The van der Waals surface area contributed by atoms with Gasteiger partial charge in [-0.25, -0.2) is 0 Å². The number of fused-ring (bicyclic) bond motifs is 1. The second kappa shape index (κ2) is 13.1. The Labute approximate surface area is 222 Å². The van der Waals surface area contributed by atoms with Crippen LogP contribution in [0.25, 0.3) is 0 Å². The summed E-state index contributed by atoms with van der Waals surface area (Å²) in [5.74, 6) is -0.812. The van der Waals surface area contributed by atoms with Crippen molar-refractivity contribution >= 4 is 40.5 Å². The van der Waals surface area contributed by atoms with E-state index in [1.165, 1.54) is 18.7 Å². The third kappa shape index (κ3) is 8.05. The number of rotatable bonds is 8. The number of hydrogen-bond donors (Lipinski definition) is 3. The fourth-order valence-corrected chi connectivity index (χ4v) is 5.36. The van der Waals surface area contributed by atoms with Crippen LogP contribution in [-0.4, -0.2) is 69.6 Å². The lowest BCUT2D eigenvalue weighted by Crippen LogP contribution is -2.64. The lowest BCUT2D eigenvalue weighted by atomic mass is 9.98. The summed E-state index contributed by atoms with van der Waals surface area (Å²) in [6.07, 6.45) is 4.17. The van der Waals surface area contributed by atoms with Crippen LogP contribution in [0.15, 0.2) is 30.3 Å². The molecular weight excluding hydrogens is 492 g/mol. The number of thioether (sulfide) groups is 1. The van der Waals surface area contributed by atoms with E-state index in [1.54, 1.807) is 18.7 Å². The Morgan fingerprint density at radius 1 is 1.00 bits per heavy atom. The first-order valence-corrected chi connectivity index (χ1v) is 14.0. The van der Waals surface area contributed by atoms with Crippen LogP contribution in [0, 0.1) is 0 Å². The van der Waals surface area contributed by atoms with Gasteiger partial charge >= 0.3 is 0 Å². The maximum Gasteiger partial charge on any atom is 0.246 e. The van der Waals surface area contributed by atoms with Crippen LogP contribution in [0.1, 0.15) is 64.9 Å². The normalized spacial score (nSPS) is 24.3. The van der Waals surface area contributed by atoms with E-state index >= 15 is 0 Å². The molecule has 2 saturated heterocycles. The molecule has 0 aliphatic carbocycles.